The van der Waals surface area contributed by atoms with Crippen LogP contribution in [0.2, 0.25) is 5.02 Å². The monoisotopic (exact) mass is 589 g/mol. The number of hydrogen-bond acceptors (Lipinski definition) is 4. The van der Waals surface area contributed by atoms with Crippen LogP contribution < -0.4 is 15.5 Å². The molecule has 0 fully saturated rings. The first kappa shape index (κ1) is 29.7. The fraction of sp³-hybridized carbons (Fsp3) is 0.424. The molecule has 5 rings (SSSR count). The molecule has 9 heteroatoms. The molecular weight excluding hydrogens is 550 g/mol. The maximum absolute atomic E-state index is 12.2. The summed E-state index contributed by atoms with van der Waals surface area (Å²) in [5.74, 6) is 0.255. The first-order valence-electron chi connectivity index (χ1n) is 15.1. The molecule has 0 radical (unpaired) electrons. The fourth-order valence-corrected chi connectivity index (χ4v) is 6.28. The van der Waals surface area contributed by atoms with Crippen LogP contribution in [0.25, 0.3) is 21.8 Å². The summed E-state index contributed by atoms with van der Waals surface area (Å²) in [4.78, 5) is 33.2. The predicted molar refractivity (Wildman–Crippen MR) is 171 cm³/mol. The molecule has 4 N–H and O–H groups in total. The van der Waals surface area contributed by atoms with Crippen molar-refractivity contribution in [1.82, 2.24) is 15.3 Å². The first-order valence-corrected chi connectivity index (χ1v) is 15.4. The van der Waals surface area contributed by atoms with Crippen LogP contribution in [-0.4, -0.2) is 46.7 Å². The largest absolute Gasteiger partial charge is 0.465 e. The Morgan fingerprint density at radius 2 is 1.90 bits per heavy atom. The third-order valence-electron chi connectivity index (χ3n) is 8.33. The number of halogens is 1. The van der Waals surface area contributed by atoms with Gasteiger partial charge in [-0.05, 0) is 98.9 Å². The number of fused-ring (bicyclic) bond motifs is 3. The molecule has 2 aromatic carbocycles. The number of carboxylic acid groups (broad SMARTS) is 1. The number of nitrogens with zero attached hydrogens (tertiary/aromatic N) is 2. The lowest BCUT2D eigenvalue weighted by molar-refractivity contribution is -0.119. The van der Waals surface area contributed by atoms with Crippen molar-refractivity contribution in [3.8, 4) is 0 Å². The minimum absolute atomic E-state index is 0.0425. The van der Waals surface area contributed by atoms with Gasteiger partial charge < -0.3 is 20.7 Å². The van der Waals surface area contributed by atoms with Crippen LogP contribution in [0.3, 0.4) is 0 Å². The maximum atomic E-state index is 12.2. The third kappa shape index (κ3) is 7.34. The average molecular weight is 590 g/mol. The van der Waals surface area contributed by atoms with Crippen molar-refractivity contribution < 1.29 is 14.7 Å². The van der Waals surface area contributed by atoms with E-state index in [0.29, 0.717) is 29.7 Å². The highest BCUT2D eigenvalue weighted by molar-refractivity contribution is 6.31. The molecular formula is C33H40ClN5O3. The van der Waals surface area contributed by atoms with Gasteiger partial charge >= 0.3 is 6.09 Å². The minimum Gasteiger partial charge on any atom is -0.465 e. The van der Waals surface area contributed by atoms with Crippen molar-refractivity contribution in [2.45, 2.75) is 64.7 Å². The molecule has 1 unspecified atom stereocenters. The van der Waals surface area contributed by atoms with E-state index < -0.39 is 6.09 Å². The van der Waals surface area contributed by atoms with E-state index in [4.69, 9.17) is 16.6 Å². The maximum Gasteiger partial charge on any atom is 0.411 e. The summed E-state index contributed by atoms with van der Waals surface area (Å²) < 4.78 is 0. The number of H-pyrrole nitrogens is 1. The van der Waals surface area contributed by atoms with Gasteiger partial charge in [-0.2, -0.15) is 0 Å². The van der Waals surface area contributed by atoms with E-state index in [1.807, 2.05) is 42.6 Å². The Morgan fingerprint density at radius 3 is 2.74 bits per heavy atom. The molecule has 4 aromatic rings. The van der Waals surface area contributed by atoms with Gasteiger partial charge in [0.2, 0.25) is 5.91 Å². The predicted octanol–water partition coefficient (Wildman–Crippen LogP) is 7.55. The Labute approximate surface area is 251 Å². The number of amides is 2. The highest BCUT2D eigenvalue weighted by atomic mass is 35.5. The molecule has 2 amide bonds. The number of aromatic nitrogens is 2. The van der Waals surface area contributed by atoms with E-state index in [0.717, 1.165) is 73.3 Å². The number of aryl methyl sites for hydroxylation is 1. The average Bonchev–Trinajstić information content (AvgIpc) is 3.44. The van der Waals surface area contributed by atoms with Gasteiger partial charge in [-0.3, -0.25) is 14.7 Å². The molecule has 1 atom stereocenters. The number of hydrogen-bond donors (Lipinski definition) is 4. The van der Waals surface area contributed by atoms with Crippen molar-refractivity contribution >= 4 is 56.8 Å². The smallest absolute Gasteiger partial charge is 0.411 e. The van der Waals surface area contributed by atoms with Gasteiger partial charge in [0.1, 0.15) is 0 Å². The molecule has 0 saturated heterocycles. The third-order valence-corrected chi connectivity index (χ3v) is 8.57. The molecule has 42 heavy (non-hydrogen) atoms. The Bertz CT molecular complexity index is 1550. The number of unbranched alkanes of at least 4 members (excludes halogenated alkanes) is 1. The van der Waals surface area contributed by atoms with E-state index >= 15 is 0 Å². The summed E-state index contributed by atoms with van der Waals surface area (Å²) >= 11 is 6.28. The Kier molecular flexibility index (Phi) is 9.85. The molecule has 8 nitrogen and oxygen atoms in total. The summed E-state index contributed by atoms with van der Waals surface area (Å²) in [6.45, 7) is 3.38. The van der Waals surface area contributed by atoms with E-state index in [2.05, 4.69) is 21.7 Å². The van der Waals surface area contributed by atoms with Crippen molar-refractivity contribution in [2.24, 2.45) is 5.92 Å². The molecule has 222 valence electrons. The van der Waals surface area contributed by atoms with Crippen LogP contribution >= 0.6 is 11.6 Å². The lowest BCUT2D eigenvalue weighted by Crippen LogP contribution is -2.32. The molecule has 0 bridgehead atoms. The number of pyridine rings is 1. The molecule has 0 spiro atoms. The van der Waals surface area contributed by atoms with Crippen LogP contribution in [0.4, 0.5) is 16.2 Å². The van der Waals surface area contributed by atoms with Gasteiger partial charge in [-0.1, -0.05) is 24.4 Å². The standard InChI is InChI=1S/C33H40ClN5O3/c1-22(40)35-17-13-23(15-19-39(33(41)42)26-10-12-29-24(20-26)14-18-36-29)6-4-5-16-37-32-27-7-2-3-8-30(27)38-31-21-25(34)9-11-28(31)32/h9-12,14,18,20-21,23,36H,2-8,13,15-17,19H2,1H3,(H,35,40)(H,37,38)(H,41,42). The lowest BCUT2D eigenvalue weighted by Gasteiger charge is -2.24. The fourth-order valence-electron chi connectivity index (χ4n) is 6.11. The van der Waals surface area contributed by atoms with Gasteiger partial charge in [0.15, 0.2) is 0 Å². The zero-order valence-corrected chi connectivity index (χ0v) is 25.0. The molecule has 1 aliphatic carbocycles. The summed E-state index contributed by atoms with van der Waals surface area (Å²) in [5.41, 5.74) is 6.34. The Balaban J connectivity index is 1.19. The number of carbonyl (C=O) groups is 2. The van der Waals surface area contributed by atoms with Crippen molar-refractivity contribution in [2.75, 3.05) is 29.9 Å². The van der Waals surface area contributed by atoms with E-state index in [1.165, 1.54) is 41.6 Å². The van der Waals surface area contributed by atoms with Crippen LogP contribution in [0.5, 0.6) is 0 Å². The molecule has 2 heterocycles. The summed E-state index contributed by atoms with van der Waals surface area (Å²) in [6.07, 6.45) is 9.84. The van der Waals surface area contributed by atoms with Crippen molar-refractivity contribution in [3.63, 3.8) is 0 Å². The zero-order chi connectivity index (χ0) is 29.5. The van der Waals surface area contributed by atoms with Crippen LogP contribution in [0.1, 0.15) is 63.1 Å². The van der Waals surface area contributed by atoms with Gasteiger partial charge in [0.25, 0.3) is 0 Å². The van der Waals surface area contributed by atoms with Gasteiger partial charge in [0.05, 0.1) is 5.52 Å². The van der Waals surface area contributed by atoms with Crippen molar-refractivity contribution in [3.05, 3.63) is 64.9 Å². The SMILES string of the molecule is CC(=O)NCCC(CCCCNc1c2c(nc3cc(Cl)ccc13)CCCC2)CCN(C(=O)O)c1ccc2[nH]ccc2c1. The van der Waals surface area contributed by atoms with Gasteiger partial charge in [-0.15, -0.1) is 0 Å². The van der Waals surface area contributed by atoms with Crippen molar-refractivity contribution in [1.29, 1.82) is 0 Å². The van der Waals surface area contributed by atoms with Gasteiger partial charge in [0, 0.05) is 71.1 Å². The Hall–Kier alpha value is -3.78. The normalized spacial score (nSPS) is 13.6. The lowest BCUT2D eigenvalue weighted by atomic mass is 9.92. The highest BCUT2D eigenvalue weighted by Gasteiger charge is 2.20. The second-order valence-electron chi connectivity index (χ2n) is 11.3. The van der Waals surface area contributed by atoms with Gasteiger partial charge in [-0.25, -0.2) is 4.79 Å². The topological polar surface area (TPSA) is 110 Å². The second kappa shape index (κ2) is 13.9. The number of aromatic amines is 1. The van der Waals surface area contributed by atoms with Crippen LogP contribution in [0.15, 0.2) is 48.7 Å². The Morgan fingerprint density at radius 1 is 1.05 bits per heavy atom. The van der Waals surface area contributed by atoms with E-state index in [-0.39, 0.29) is 5.91 Å². The number of carbonyl (C=O) groups excluding carboxylic acids is 1. The number of nitrogens with one attached hydrogen (secondary N) is 3. The van der Waals surface area contributed by atoms with E-state index in [1.54, 1.807) is 0 Å². The summed E-state index contributed by atoms with van der Waals surface area (Å²) in [5, 5.41) is 19.4. The molecule has 2 aromatic heterocycles. The van der Waals surface area contributed by atoms with Crippen LogP contribution in [0, 0.1) is 5.92 Å². The quantitative estimate of drug-likeness (QED) is 0.120. The molecule has 0 aliphatic heterocycles. The minimum atomic E-state index is -0.955. The number of benzene rings is 2. The molecule has 1 aliphatic rings. The van der Waals surface area contributed by atoms with E-state index in [9.17, 15) is 14.7 Å². The number of rotatable bonds is 13. The molecule has 0 saturated carbocycles. The summed E-state index contributed by atoms with van der Waals surface area (Å²) in [6, 6.07) is 13.6. The number of anilines is 2. The first-order chi connectivity index (χ1) is 20.4. The second-order valence-corrected chi connectivity index (χ2v) is 11.7. The van der Waals surface area contributed by atoms with Crippen LogP contribution in [-0.2, 0) is 17.6 Å². The summed E-state index contributed by atoms with van der Waals surface area (Å²) in [7, 11) is 0. The highest BCUT2D eigenvalue weighted by Crippen LogP contribution is 2.34. The zero-order valence-electron chi connectivity index (χ0n) is 24.2.